The Morgan fingerprint density at radius 3 is 2.65 bits per heavy atom. The average molecular weight is 277 g/mol. The lowest BCUT2D eigenvalue weighted by Gasteiger charge is -2.07. The van der Waals surface area contributed by atoms with Gasteiger partial charge in [0.1, 0.15) is 5.82 Å². The quantitative estimate of drug-likeness (QED) is 0.367. The van der Waals surface area contributed by atoms with Crippen LogP contribution in [0.5, 0.6) is 0 Å². The lowest BCUT2D eigenvalue weighted by Crippen LogP contribution is -2.19. The molecule has 0 radical (unpaired) electrons. The maximum Gasteiger partial charge on any atom is 0.379 e. The van der Waals surface area contributed by atoms with Gasteiger partial charge in [0.25, 0.3) is 5.78 Å². The average Bonchev–Trinajstić information content (AvgIpc) is 2.29. The molecule has 0 heterocycles. The second-order valence-electron chi connectivity index (χ2n) is 2.99. The van der Waals surface area contributed by atoms with E-state index in [1.807, 2.05) is 0 Å². The van der Waals surface area contributed by atoms with Crippen LogP contribution in [0.15, 0.2) is 17.0 Å². The second-order valence-corrected chi connectivity index (χ2v) is 4.24. The molecule has 0 saturated carbocycles. The van der Waals surface area contributed by atoms with Crippen molar-refractivity contribution in [1.82, 2.24) is 0 Å². The highest BCUT2D eigenvalue weighted by molar-refractivity contribution is 7.98. The van der Waals surface area contributed by atoms with Gasteiger partial charge in [-0.05, 0) is 25.3 Å². The number of benzene rings is 1. The Balaban J connectivity index is 3.21. The van der Waals surface area contributed by atoms with Crippen LogP contribution in [0.4, 0.5) is 4.39 Å². The predicted octanol–water partition coefficient (Wildman–Crippen LogP) is 2.95. The number of hydrogen-bond donors (Lipinski definition) is 0. The lowest BCUT2D eigenvalue weighted by atomic mass is 10.1. The second kappa shape index (κ2) is 6.02. The maximum atomic E-state index is 13.9. The van der Waals surface area contributed by atoms with Crippen LogP contribution in [-0.2, 0) is 9.53 Å². The Labute approximate surface area is 107 Å². The molecule has 0 bridgehead atoms. The van der Waals surface area contributed by atoms with Crippen molar-refractivity contribution >= 4 is 35.1 Å². The number of hydrogen-bond acceptors (Lipinski definition) is 4. The number of thioether (sulfide) groups is 1. The van der Waals surface area contributed by atoms with E-state index in [1.165, 1.54) is 12.1 Å². The first-order valence-electron chi connectivity index (χ1n) is 4.76. The Kier molecular flexibility index (Phi) is 4.96. The monoisotopic (exact) mass is 276 g/mol. The molecule has 0 atom stereocenters. The number of ether oxygens (including phenoxy) is 1. The third-order valence-electron chi connectivity index (χ3n) is 1.96. The first-order valence-corrected chi connectivity index (χ1v) is 6.36. The van der Waals surface area contributed by atoms with Crippen LogP contribution in [0.3, 0.4) is 0 Å². The number of carbonyl (C=O) groups excluding carboxylic acids is 2. The van der Waals surface area contributed by atoms with Crippen molar-refractivity contribution in [3.63, 3.8) is 0 Å². The molecule has 1 aromatic rings. The smallest absolute Gasteiger partial charge is 0.379 e. The summed E-state index contributed by atoms with van der Waals surface area (Å²) < 4.78 is 18.4. The van der Waals surface area contributed by atoms with E-state index in [9.17, 15) is 14.0 Å². The topological polar surface area (TPSA) is 43.4 Å². The molecule has 1 rings (SSSR count). The summed E-state index contributed by atoms with van der Waals surface area (Å²) in [6.45, 7) is 1.60. The molecule has 0 aliphatic rings. The van der Waals surface area contributed by atoms with E-state index in [-0.39, 0.29) is 16.5 Å². The Bertz CT molecular complexity index is 462. The van der Waals surface area contributed by atoms with E-state index >= 15 is 0 Å². The highest BCUT2D eigenvalue weighted by Gasteiger charge is 2.25. The molecule has 0 N–H and O–H groups in total. The molecule has 0 amide bonds. The van der Waals surface area contributed by atoms with Gasteiger partial charge in [-0.3, -0.25) is 4.79 Å². The van der Waals surface area contributed by atoms with Crippen molar-refractivity contribution in [3.05, 3.63) is 28.5 Å². The van der Waals surface area contributed by atoms with E-state index in [2.05, 4.69) is 4.74 Å². The van der Waals surface area contributed by atoms with Crippen molar-refractivity contribution in [2.45, 2.75) is 11.8 Å². The zero-order chi connectivity index (χ0) is 13.0. The van der Waals surface area contributed by atoms with Gasteiger partial charge in [-0.25, -0.2) is 9.18 Å². The fourth-order valence-electron chi connectivity index (χ4n) is 1.20. The summed E-state index contributed by atoms with van der Waals surface area (Å²) in [5, 5.41) is -0.0987. The van der Waals surface area contributed by atoms with E-state index in [1.54, 1.807) is 13.2 Å². The molecule has 0 aliphatic heterocycles. The van der Waals surface area contributed by atoms with E-state index in [0.717, 1.165) is 11.8 Å². The van der Waals surface area contributed by atoms with Gasteiger partial charge < -0.3 is 4.74 Å². The largest absolute Gasteiger partial charge is 0.460 e. The molecule has 92 valence electrons. The Hall–Kier alpha value is -1.07. The van der Waals surface area contributed by atoms with Gasteiger partial charge in [0.05, 0.1) is 17.2 Å². The number of Topliss-reactive ketones (excluding diaryl/α,β-unsaturated/α-hetero) is 1. The summed E-state index contributed by atoms with van der Waals surface area (Å²) in [6.07, 6.45) is 1.66. The van der Waals surface area contributed by atoms with Crippen LogP contribution in [0.1, 0.15) is 17.3 Å². The first-order chi connectivity index (χ1) is 8.02. The van der Waals surface area contributed by atoms with Gasteiger partial charge in [-0.15, -0.1) is 11.8 Å². The van der Waals surface area contributed by atoms with Gasteiger partial charge in [0.2, 0.25) is 0 Å². The highest BCUT2D eigenvalue weighted by atomic mass is 35.5. The number of ketones is 1. The minimum absolute atomic E-state index is 0.0476. The summed E-state index contributed by atoms with van der Waals surface area (Å²) in [4.78, 5) is 23.1. The van der Waals surface area contributed by atoms with Crippen molar-refractivity contribution in [1.29, 1.82) is 0 Å². The van der Waals surface area contributed by atoms with Crippen LogP contribution in [0.25, 0.3) is 0 Å². The van der Waals surface area contributed by atoms with Gasteiger partial charge in [0.15, 0.2) is 0 Å². The number of halogens is 2. The molecular formula is C11H10ClFO3S. The highest BCUT2D eigenvalue weighted by Crippen LogP contribution is 2.28. The SMILES string of the molecule is CCOC(=O)C(=O)c1c(Cl)ccc(SC)c1F. The molecule has 0 fully saturated rings. The molecule has 0 aromatic heterocycles. The third-order valence-corrected chi connectivity index (χ3v) is 3.03. The van der Waals surface area contributed by atoms with Gasteiger partial charge >= 0.3 is 5.97 Å². The van der Waals surface area contributed by atoms with Crippen LogP contribution >= 0.6 is 23.4 Å². The van der Waals surface area contributed by atoms with Crippen molar-refractivity contribution in [2.24, 2.45) is 0 Å². The zero-order valence-electron chi connectivity index (χ0n) is 9.25. The minimum Gasteiger partial charge on any atom is -0.460 e. The van der Waals surface area contributed by atoms with Crippen molar-refractivity contribution < 1.29 is 18.7 Å². The molecule has 1 aromatic carbocycles. The van der Waals surface area contributed by atoms with Crippen LogP contribution in [0.2, 0.25) is 5.02 Å². The molecule has 0 spiro atoms. The fraction of sp³-hybridized carbons (Fsp3) is 0.273. The summed E-state index contributed by atoms with van der Waals surface area (Å²) in [6, 6.07) is 2.83. The van der Waals surface area contributed by atoms with E-state index < -0.39 is 23.1 Å². The third kappa shape index (κ3) is 2.98. The first kappa shape index (κ1) is 14.0. The van der Waals surface area contributed by atoms with Crippen molar-refractivity contribution in [3.8, 4) is 0 Å². The number of carbonyl (C=O) groups is 2. The molecule has 0 saturated heterocycles. The van der Waals surface area contributed by atoms with Crippen LogP contribution < -0.4 is 0 Å². The molecule has 3 nitrogen and oxygen atoms in total. The standard InChI is InChI=1S/C11H10ClFO3S/c1-3-16-11(15)10(14)8-6(12)4-5-7(17-2)9(8)13/h4-5H,3H2,1-2H3. The Morgan fingerprint density at radius 2 is 2.12 bits per heavy atom. The summed E-state index contributed by atoms with van der Waals surface area (Å²) in [5.74, 6) is -2.96. The van der Waals surface area contributed by atoms with Crippen molar-refractivity contribution in [2.75, 3.05) is 12.9 Å². The molecule has 0 unspecified atom stereocenters. The number of esters is 1. The Morgan fingerprint density at radius 1 is 1.47 bits per heavy atom. The minimum atomic E-state index is -1.11. The van der Waals surface area contributed by atoms with Crippen LogP contribution in [-0.4, -0.2) is 24.6 Å². The number of rotatable bonds is 4. The van der Waals surface area contributed by atoms with Crippen LogP contribution in [0, 0.1) is 5.82 Å². The molecule has 17 heavy (non-hydrogen) atoms. The zero-order valence-corrected chi connectivity index (χ0v) is 10.8. The normalized spacial score (nSPS) is 10.1. The summed E-state index contributed by atoms with van der Waals surface area (Å²) in [7, 11) is 0. The fourth-order valence-corrected chi connectivity index (χ4v) is 1.92. The van der Waals surface area contributed by atoms with Gasteiger partial charge in [0, 0.05) is 4.90 Å². The maximum absolute atomic E-state index is 13.9. The summed E-state index contributed by atoms with van der Waals surface area (Å²) in [5.41, 5.74) is -0.433. The molecule has 0 aliphatic carbocycles. The molecule has 6 heteroatoms. The molecular weight excluding hydrogens is 267 g/mol. The van der Waals surface area contributed by atoms with Gasteiger partial charge in [-0.1, -0.05) is 11.6 Å². The summed E-state index contributed by atoms with van der Waals surface area (Å²) >= 11 is 6.84. The van der Waals surface area contributed by atoms with Gasteiger partial charge in [-0.2, -0.15) is 0 Å². The van der Waals surface area contributed by atoms with E-state index in [0.29, 0.717) is 0 Å². The predicted molar refractivity (Wildman–Crippen MR) is 64.2 cm³/mol. The lowest BCUT2D eigenvalue weighted by molar-refractivity contribution is -0.137. The van der Waals surface area contributed by atoms with E-state index in [4.69, 9.17) is 11.6 Å².